The van der Waals surface area contributed by atoms with Crippen LogP contribution in [0.3, 0.4) is 0 Å². The van der Waals surface area contributed by atoms with Crippen molar-refractivity contribution in [3.63, 3.8) is 0 Å². The van der Waals surface area contributed by atoms with Gasteiger partial charge >= 0.3 is 0 Å². The van der Waals surface area contributed by atoms with E-state index in [9.17, 15) is 13.6 Å². The fraction of sp³-hybridized carbons (Fsp3) is 0.400. The number of hydrogen-bond acceptors (Lipinski definition) is 5. The van der Waals surface area contributed by atoms with Gasteiger partial charge < -0.3 is 10.7 Å². The Morgan fingerprint density at radius 1 is 1.32 bits per heavy atom. The SMILES string of the molecule is C=C(CCCN(N)/C=C(\N)C1CC1)C(=O)N1N=CCC1c1cc(F)cc(F)c1. The summed E-state index contributed by atoms with van der Waals surface area (Å²) in [5.74, 6) is 4.62. The number of hydrazone groups is 1. The second-order valence-corrected chi connectivity index (χ2v) is 7.25. The third-order valence-electron chi connectivity index (χ3n) is 4.87. The van der Waals surface area contributed by atoms with E-state index in [0.29, 0.717) is 42.9 Å². The lowest BCUT2D eigenvalue weighted by molar-refractivity contribution is -0.129. The van der Waals surface area contributed by atoms with Gasteiger partial charge in [-0.1, -0.05) is 6.58 Å². The topological polar surface area (TPSA) is 87.9 Å². The second-order valence-electron chi connectivity index (χ2n) is 7.25. The molecule has 4 N–H and O–H groups in total. The molecule has 2 aliphatic rings. The standard InChI is InChI=1S/C20H25F2N5O/c1-13(3-2-8-26(24)12-18(23)14-4-5-14)20(28)27-19(6-7-25-27)15-9-16(21)11-17(22)10-15/h7,9-12,14,19H,1-6,8,23-24H2/b18-12-. The Balaban J connectivity index is 1.54. The fourth-order valence-electron chi connectivity index (χ4n) is 3.18. The molecule has 1 aromatic rings. The average Bonchev–Trinajstić information content (AvgIpc) is 3.37. The van der Waals surface area contributed by atoms with E-state index in [1.165, 1.54) is 22.2 Å². The first kappa shape index (κ1) is 20.0. The third kappa shape index (κ3) is 4.95. The summed E-state index contributed by atoms with van der Waals surface area (Å²) < 4.78 is 27.0. The van der Waals surface area contributed by atoms with Crippen LogP contribution in [0.15, 0.2) is 47.3 Å². The number of hydrazine groups is 1. The van der Waals surface area contributed by atoms with Crippen molar-refractivity contribution in [3.8, 4) is 0 Å². The van der Waals surface area contributed by atoms with Crippen LogP contribution in [0.4, 0.5) is 8.78 Å². The molecule has 3 rings (SSSR count). The van der Waals surface area contributed by atoms with Crippen molar-refractivity contribution in [2.45, 2.75) is 38.1 Å². The fourth-order valence-corrected chi connectivity index (χ4v) is 3.18. The molecule has 1 atom stereocenters. The van der Waals surface area contributed by atoms with Crippen molar-refractivity contribution >= 4 is 12.1 Å². The summed E-state index contributed by atoms with van der Waals surface area (Å²) in [7, 11) is 0. The highest BCUT2D eigenvalue weighted by Gasteiger charge is 2.30. The van der Waals surface area contributed by atoms with Gasteiger partial charge in [-0.25, -0.2) is 19.6 Å². The van der Waals surface area contributed by atoms with Crippen LogP contribution < -0.4 is 11.6 Å². The third-order valence-corrected chi connectivity index (χ3v) is 4.87. The number of nitrogens with two attached hydrogens (primary N) is 2. The number of rotatable bonds is 8. The van der Waals surface area contributed by atoms with Gasteiger partial charge in [0.2, 0.25) is 0 Å². The molecule has 1 aromatic carbocycles. The Hall–Kier alpha value is -2.74. The van der Waals surface area contributed by atoms with Gasteiger partial charge in [0.25, 0.3) is 5.91 Å². The lowest BCUT2D eigenvalue weighted by Gasteiger charge is -2.23. The smallest absolute Gasteiger partial charge is 0.269 e. The number of carbonyl (C=O) groups is 1. The minimum Gasteiger partial charge on any atom is -0.401 e. The van der Waals surface area contributed by atoms with Crippen LogP contribution in [-0.4, -0.2) is 28.7 Å². The molecule has 8 heteroatoms. The second kappa shape index (κ2) is 8.52. The summed E-state index contributed by atoms with van der Waals surface area (Å²) in [6.07, 6.45) is 6.95. The van der Waals surface area contributed by atoms with Gasteiger partial charge in [-0.2, -0.15) is 5.10 Å². The molecular formula is C20H25F2N5O. The number of carbonyl (C=O) groups excluding carboxylic acids is 1. The van der Waals surface area contributed by atoms with Gasteiger partial charge in [-0.05, 0) is 43.4 Å². The average molecular weight is 389 g/mol. The van der Waals surface area contributed by atoms with Crippen molar-refractivity contribution in [2.75, 3.05) is 6.54 Å². The number of benzene rings is 1. The molecule has 1 heterocycles. The normalized spacial score (nSPS) is 19.2. The maximum absolute atomic E-state index is 13.5. The molecule has 28 heavy (non-hydrogen) atoms. The van der Waals surface area contributed by atoms with E-state index in [1.54, 1.807) is 12.4 Å². The summed E-state index contributed by atoms with van der Waals surface area (Å²) in [6.45, 7) is 4.38. The molecule has 1 amide bonds. The largest absolute Gasteiger partial charge is 0.401 e. The lowest BCUT2D eigenvalue weighted by Crippen LogP contribution is -2.30. The van der Waals surface area contributed by atoms with E-state index in [0.717, 1.165) is 24.6 Å². The highest BCUT2D eigenvalue weighted by atomic mass is 19.1. The van der Waals surface area contributed by atoms with Gasteiger partial charge in [-0.15, -0.1) is 0 Å². The number of halogens is 2. The Morgan fingerprint density at radius 2 is 2.00 bits per heavy atom. The molecule has 1 fully saturated rings. The van der Waals surface area contributed by atoms with Crippen molar-refractivity contribution < 1.29 is 13.6 Å². The molecular weight excluding hydrogens is 364 g/mol. The summed E-state index contributed by atoms with van der Waals surface area (Å²) in [5, 5.41) is 6.84. The molecule has 0 radical (unpaired) electrons. The van der Waals surface area contributed by atoms with Crippen LogP contribution in [0.5, 0.6) is 0 Å². The predicted octanol–water partition coefficient (Wildman–Crippen LogP) is 2.95. The molecule has 0 aromatic heterocycles. The zero-order valence-corrected chi connectivity index (χ0v) is 15.7. The molecule has 150 valence electrons. The molecule has 1 unspecified atom stereocenters. The van der Waals surface area contributed by atoms with Gasteiger partial charge in [0, 0.05) is 48.6 Å². The van der Waals surface area contributed by atoms with E-state index in [4.69, 9.17) is 11.6 Å². The summed E-state index contributed by atoms with van der Waals surface area (Å²) in [5.41, 5.74) is 7.45. The number of hydrogen-bond donors (Lipinski definition) is 2. The van der Waals surface area contributed by atoms with Crippen LogP contribution in [0, 0.1) is 17.6 Å². The van der Waals surface area contributed by atoms with E-state index in [-0.39, 0.29) is 5.91 Å². The van der Waals surface area contributed by atoms with E-state index in [2.05, 4.69) is 11.7 Å². The Labute approximate surface area is 163 Å². The number of allylic oxidation sites excluding steroid dienone is 1. The molecule has 1 saturated carbocycles. The van der Waals surface area contributed by atoms with Crippen molar-refractivity contribution in [3.05, 3.63) is 59.4 Å². The minimum atomic E-state index is -0.685. The minimum absolute atomic E-state index is 0.361. The Bertz CT molecular complexity index is 799. The molecule has 1 aliphatic heterocycles. The van der Waals surface area contributed by atoms with E-state index >= 15 is 0 Å². The molecule has 0 spiro atoms. The Morgan fingerprint density at radius 3 is 2.64 bits per heavy atom. The van der Waals surface area contributed by atoms with E-state index in [1.807, 2.05) is 0 Å². The van der Waals surface area contributed by atoms with Crippen LogP contribution >= 0.6 is 0 Å². The quantitative estimate of drug-likeness (QED) is 0.406. The van der Waals surface area contributed by atoms with Gasteiger partial charge in [0.1, 0.15) is 11.6 Å². The van der Waals surface area contributed by atoms with Crippen LogP contribution in [0.1, 0.15) is 43.7 Å². The molecule has 0 saturated heterocycles. The van der Waals surface area contributed by atoms with Crippen molar-refractivity contribution in [2.24, 2.45) is 22.6 Å². The number of nitrogens with zero attached hydrogens (tertiary/aromatic N) is 3. The zero-order valence-electron chi connectivity index (χ0n) is 15.7. The number of amides is 1. The lowest BCUT2D eigenvalue weighted by atomic mass is 10.0. The predicted molar refractivity (Wildman–Crippen MR) is 103 cm³/mol. The van der Waals surface area contributed by atoms with Gasteiger partial charge in [0.15, 0.2) is 0 Å². The first-order chi connectivity index (χ1) is 13.3. The highest BCUT2D eigenvalue weighted by Crippen LogP contribution is 2.33. The van der Waals surface area contributed by atoms with Crippen molar-refractivity contribution in [1.82, 2.24) is 10.0 Å². The maximum Gasteiger partial charge on any atom is 0.269 e. The van der Waals surface area contributed by atoms with Crippen LogP contribution in [0.2, 0.25) is 0 Å². The first-order valence-electron chi connectivity index (χ1n) is 9.33. The molecule has 1 aliphatic carbocycles. The maximum atomic E-state index is 13.5. The van der Waals surface area contributed by atoms with E-state index < -0.39 is 17.7 Å². The molecule has 6 nitrogen and oxygen atoms in total. The van der Waals surface area contributed by atoms with Crippen LogP contribution in [-0.2, 0) is 4.79 Å². The first-order valence-corrected chi connectivity index (χ1v) is 9.33. The van der Waals surface area contributed by atoms with Crippen molar-refractivity contribution in [1.29, 1.82) is 0 Å². The molecule has 0 bridgehead atoms. The summed E-state index contributed by atoms with van der Waals surface area (Å²) in [6, 6.07) is 2.69. The Kier molecular flexibility index (Phi) is 6.08. The summed E-state index contributed by atoms with van der Waals surface area (Å²) >= 11 is 0. The summed E-state index contributed by atoms with van der Waals surface area (Å²) in [4.78, 5) is 12.7. The van der Waals surface area contributed by atoms with Gasteiger partial charge in [0.05, 0.1) is 6.04 Å². The zero-order chi connectivity index (χ0) is 20.3. The van der Waals surface area contributed by atoms with Crippen LogP contribution in [0.25, 0.3) is 0 Å². The van der Waals surface area contributed by atoms with Gasteiger partial charge in [-0.3, -0.25) is 4.79 Å². The highest BCUT2D eigenvalue weighted by molar-refractivity contribution is 5.94. The monoisotopic (exact) mass is 389 g/mol.